The third-order valence-corrected chi connectivity index (χ3v) is 6.75. The van der Waals surface area contributed by atoms with Crippen LogP contribution in [0.1, 0.15) is 19.4 Å². The Morgan fingerprint density at radius 3 is 2.65 bits per heavy atom. The SMILES string of the molecule is CC(C)Oc1ccc(-c2cnc(-c3ccc(CN4CC(C(=O)O)C4)cc3Cl)s2)cc1Cl. The van der Waals surface area contributed by atoms with Crippen molar-refractivity contribution in [2.45, 2.75) is 26.5 Å². The second-order valence-corrected chi connectivity index (χ2v) is 9.73. The number of benzene rings is 2. The minimum atomic E-state index is -0.729. The molecular formula is C23H22Cl2N2O3S. The highest BCUT2D eigenvalue weighted by atomic mass is 35.5. The van der Waals surface area contributed by atoms with E-state index < -0.39 is 5.97 Å². The molecule has 3 aromatic rings. The number of thiazole rings is 1. The highest BCUT2D eigenvalue weighted by Gasteiger charge is 2.32. The third-order valence-electron chi connectivity index (χ3n) is 5.06. The smallest absolute Gasteiger partial charge is 0.309 e. The number of hydrogen-bond acceptors (Lipinski definition) is 5. The first-order valence-corrected chi connectivity index (χ1v) is 11.5. The van der Waals surface area contributed by atoms with Crippen LogP contribution in [0.15, 0.2) is 42.6 Å². The van der Waals surface area contributed by atoms with Gasteiger partial charge in [0.1, 0.15) is 10.8 Å². The van der Waals surface area contributed by atoms with Crippen LogP contribution in [0.3, 0.4) is 0 Å². The van der Waals surface area contributed by atoms with Crippen LogP contribution in [0, 0.1) is 5.92 Å². The van der Waals surface area contributed by atoms with Gasteiger partial charge in [-0.2, -0.15) is 0 Å². The lowest BCUT2D eigenvalue weighted by molar-refractivity contribution is -0.147. The Kier molecular flexibility index (Phi) is 6.53. The molecule has 1 aliphatic rings. The molecule has 0 saturated carbocycles. The molecule has 1 fully saturated rings. The maximum absolute atomic E-state index is 11.0. The maximum Gasteiger partial charge on any atom is 0.309 e. The number of carbonyl (C=O) groups is 1. The summed E-state index contributed by atoms with van der Waals surface area (Å²) >= 11 is 14.5. The van der Waals surface area contributed by atoms with Crippen molar-refractivity contribution < 1.29 is 14.6 Å². The van der Waals surface area contributed by atoms with Crippen molar-refractivity contribution in [3.63, 3.8) is 0 Å². The van der Waals surface area contributed by atoms with E-state index in [1.807, 2.05) is 56.4 Å². The topological polar surface area (TPSA) is 62.7 Å². The molecule has 8 heteroatoms. The van der Waals surface area contributed by atoms with Crippen LogP contribution in [0.2, 0.25) is 10.0 Å². The third kappa shape index (κ3) is 5.04. The number of rotatable bonds is 7. The minimum Gasteiger partial charge on any atom is -0.489 e. The van der Waals surface area contributed by atoms with E-state index in [-0.39, 0.29) is 12.0 Å². The molecule has 0 radical (unpaired) electrons. The fourth-order valence-electron chi connectivity index (χ4n) is 3.48. The first-order chi connectivity index (χ1) is 14.8. The Hall–Kier alpha value is -2.12. The number of aromatic nitrogens is 1. The molecule has 2 aromatic carbocycles. The standard InChI is InChI=1S/C23H22Cl2N2O3S/c1-13(2)30-20-6-4-15(8-19(20)25)21-9-26-22(31-21)17-5-3-14(7-18(17)24)10-27-11-16(12-27)23(28)29/h3-9,13,16H,10-12H2,1-2H3,(H,28,29). The molecule has 0 bridgehead atoms. The Bertz CT molecular complexity index is 1110. The van der Waals surface area contributed by atoms with E-state index in [1.54, 1.807) is 11.3 Å². The van der Waals surface area contributed by atoms with E-state index in [2.05, 4.69) is 9.88 Å². The second kappa shape index (κ2) is 9.17. The van der Waals surface area contributed by atoms with E-state index in [0.717, 1.165) is 26.6 Å². The summed E-state index contributed by atoms with van der Waals surface area (Å²) in [5.41, 5.74) is 2.91. The zero-order valence-corrected chi connectivity index (χ0v) is 19.5. The summed E-state index contributed by atoms with van der Waals surface area (Å²) in [6.45, 7) is 5.77. The quantitative estimate of drug-likeness (QED) is 0.446. The molecule has 0 amide bonds. The van der Waals surface area contributed by atoms with Crippen LogP contribution in [0.4, 0.5) is 0 Å². The average Bonchev–Trinajstić information content (AvgIpc) is 3.15. The van der Waals surface area contributed by atoms with Gasteiger partial charge in [0, 0.05) is 31.4 Å². The Morgan fingerprint density at radius 1 is 1.23 bits per heavy atom. The molecule has 1 aliphatic heterocycles. The zero-order valence-electron chi connectivity index (χ0n) is 17.1. The van der Waals surface area contributed by atoms with Gasteiger partial charge in [-0.3, -0.25) is 9.69 Å². The minimum absolute atomic E-state index is 0.0585. The van der Waals surface area contributed by atoms with Crippen LogP contribution in [0.25, 0.3) is 21.0 Å². The molecule has 0 aliphatic carbocycles. The molecule has 5 nitrogen and oxygen atoms in total. The monoisotopic (exact) mass is 476 g/mol. The number of aliphatic carboxylic acids is 1. The van der Waals surface area contributed by atoms with Gasteiger partial charge in [-0.15, -0.1) is 11.3 Å². The van der Waals surface area contributed by atoms with E-state index >= 15 is 0 Å². The van der Waals surface area contributed by atoms with E-state index in [9.17, 15) is 4.79 Å². The number of likely N-dealkylation sites (tertiary alicyclic amines) is 1. The average molecular weight is 477 g/mol. The van der Waals surface area contributed by atoms with Crippen LogP contribution in [-0.4, -0.2) is 40.2 Å². The number of carboxylic acids is 1. The van der Waals surface area contributed by atoms with Gasteiger partial charge in [0.15, 0.2) is 0 Å². The van der Waals surface area contributed by atoms with Crippen LogP contribution < -0.4 is 4.74 Å². The van der Waals surface area contributed by atoms with Gasteiger partial charge in [0.05, 0.1) is 26.9 Å². The van der Waals surface area contributed by atoms with Gasteiger partial charge in [-0.25, -0.2) is 4.98 Å². The first-order valence-electron chi connectivity index (χ1n) is 9.96. The number of ether oxygens (including phenoxy) is 1. The van der Waals surface area contributed by atoms with Crippen molar-refractivity contribution in [3.8, 4) is 26.8 Å². The molecule has 1 saturated heterocycles. The summed E-state index contributed by atoms with van der Waals surface area (Å²) in [5, 5.41) is 11.0. The Morgan fingerprint density at radius 2 is 2.00 bits per heavy atom. The van der Waals surface area contributed by atoms with Gasteiger partial charge in [-0.05, 0) is 49.2 Å². The van der Waals surface area contributed by atoms with Crippen LogP contribution >= 0.6 is 34.5 Å². The summed E-state index contributed by atoms with van der Waals surface area (Å²) in [5.74, 6) is -0.323. The van der Waals surface area contributed by atoms with Crippen LogP contribution in [0.5, 0.6) is 5.75 Å². The van der Waals surface area contributed by atoms with E-state index in [4.69, 9.17) is 33.0 Å². The predicted octanol–water partition coefficient (Wildman–Crippen LogP) is 6.09. The van der Waals surface area contributed by atoms with Gasteiger partial charge < -0.3 is 9.84 Å². The highest BCUT2D eigenvalue weighted by molar-refractivity contribution is 7.18. The number of carboxylic acid groups (broad SMARTS) is 1. The fraction of sp³-hybridized carbons (Fsp3) is 0.304. The molecule has 0 atom stereocenters. The van der Waals surface area contributed by atoms with E-state index in [1.165, 1.54) is 0 Å². The summed E-state index contributed by atoms with van der Waals surface area (Å²) in [6, 6.07) is 11.7. The maximum atomic E-state index is 11.0. The van der Waals surface area contributed by atoms with Crippen molar-refractivity contribution in [3.05, 3.63) is 58.2 Å². The van der Waals surface area contributed by atoms with Crippen molar-refractivity contribution in [2.75, 3.05) is 13.1 Å². The van der Waals surface area contributed by atoms with E-state index in [0.29, 0.717) is 35.4 Å². The van der Waals surface area contributed by atoms with Gasteiger partial charge in [0.25, 0.3) is 0 Å². The summed E-state index contributed by atoms with van der Waals surface area (Å²) < 4.78 is 5.70. The molecule has 1 aromatic heterocycles. The largest absolute Gasteiger partial charge is 0.489 e. The molecule has 0 unspecified atom stereocenters. The Labute approximate surface area is 195 Å². The fourth-order valence-corrected chi connectivity index (χ4v) is 5.01. The first kappa shape index (κ1) is 22.1. The molecule has 1 N–H and O–H groups in total. The summed E-state index contributed by atoms with van der Waals surface area (Å²) in [4.78, 5) is 18.6. The van der Waals surface area contributed by atoms with Gasteiger partial charge in [0.2, 0.25) is 0 Å². The number of nitrogens with zero attached hydrogens (tertiary/aromatic N) is 2. The Balaban J connectivity index is 1.48. The summed E-state index contributed by atoms with van der Waals surface area (Å²) in [7, 11) is 0. The van der Waals surface area contributed by atoms with Crippen molar-refractivity contribution in [1.29, 1.82) is 0 Å². The highest BCUT2D eigenvalue weighted by Crippen LogP contribution is 2.38. The number of hydrogen-bond donors (Lipinski definition) is 1. The predicted molar refractivity (Wildman–Crippen MR) is 125 cm³/mol. The summed E-state index contributed by atoms with van der Waals surface area (Å²) in [6.07, 6.45) is 1.88. The molecule has 0 spiro atoms. The lowest BCUT2D eigenvalue weighted by Gasteiger charge is -2.36. The lowest BCUT2D eigenvalue weighted by Crippen LogP contribution is -2.49. The second-order valence-electron chi connectivity index (χ2n) is 7.88. The number of halogens is 2. The van der Waals surface area contributed by atoms with Crippen molar-refractivity contribution in [1.82, 2.24) is 9.88 Å². The van der Waals surface area contributed by atoms with Crippen LogP contribution in [-0.2, 0) is 11.3 Å². The zero-order chi connectivity index (χ0) is 22.1. The van der Waals surface area contributed by atoms with Crippen molar-refractivity contribution in [2.24, 2.45) is 5.92 Å². The molecule has 31 heavy (non-hydrogen) atoms. The lowest BCUT2D eigenvalue weighted by atomic mass is 9.99. The van der Waals surface area contributed by atoms with Gasteiger partial charge in [-0.1, -0.05) is 35.3 Å². The van der Waals surface area contributed by atoms with Gasteiger partial charge >= 0.3 is 5.97 Å². The normalized spacial score (nSPS) is 14.6. The molecule has 4 rings (SSSR count). The molecule has 162 valence electrons. The molecule has 2 heterocycles. The van der Waals surface area contributed by atoms with Crippen molar-refractivity contribution >= 4 is 40.5 Å². The molecular weight excluding hydrogens is 455 g/mol.